The third-order valence-electron chi connectivity index (χ3n) is 3.14. The molecular weight excluding hydrogens is 278 g/mol. The van der Waals surface area contributed by atoms with Crippen molar-refractivity contribution in [1.29, 1.82) is 0 Å². The van der Waals surface area contributed by atoms with Crippen molar-refractivity contribution in [2.45, 2.75) is 13.5 Å². The third-order valence-corrected chi connectivity index (χ3v) is 3.14. The van der Waals surface area contributed by atoms with Gasteiger partial charge in [0, 0.05) is 6.92 Å². The Morgan fingerprint density at radius 3 is 2.68 bits per heavy atom. The molecule has 0 spiro atoms. The second-order valence-electron chi connectivity index (χ2n) is 4.90. The van der Waals surface area contributed by atoms with Gasteiger partial charge in [0.25, 0.3) is 0 Å². The van der Waals surface area contributed by atoms with Crippen LogP contribution in [0.15, 0.2) is 65.3 Å². The average Bonchev–Trinajstić information content (AvgIpc) is 2.84. The van der Waals surface area contributed by atoms with Crippen LogP contribution in [-0.2, 0) is 16.1 Å². The van der Waals surface area contributed by atoms with Crippen LogP contribution in [0.25, 0.3) is 6.08 Å². The van der Waals surface area contributed by atoms with E-state index in [9.17, 15) is 4.79 Å². The average molecular weight is 293 g/mol. The number of benzene rings is 2. The van der Waals surface area contributed by atoms with Crippen molar-refractivity contribution in [2.24, 2.45) is 4.99 Å². The molecule has 4 heteroatoms. The largest absolute Gasteiger partial charge is 0.489 e. The van der Waals surface area contributed by atoms with E-state index >= 15 is 0 Å². The van der Waals surface area contributed by atoms with Gasteiger partial charge in [0.15, 0.2) is 11.6 Å². The van der Waals surface area contributed by atoms with Gasteiger partial charge >= 0.3 is 5.97 Å². The lowest BCUT2D eigenvalue weighted by atomic mass is 10.2. The molecule has 110 valence electrons. The van der Waals surface area contributed by atoms with Crippen LogP contribution < -0.4 is 4.74 Å². The van der Waals surface area contributed by atoms with E-state index in [4.69, 9.17) is 9.47 Å². The number of carbonyl (C=O) groups is 1. The molecule has 0 N–H and O–H groups in total. The van der Waals surface area contributed by atoms with Crippen molar-refractivity contribution in [3.8, 4) is 5.75 Å². The lowest BCUT2D eigenvalue weighted by Gasteiger charge is -2.07. The molecular formula is C18H15NO3. The monoisotopic (exact) mass is 293 g/mol. The summed E-state index contributed by atoms with van der Waals surface area (Å²) in [6, 6.07) is 17.5. The molecule has 1 aliphatic rings. The second-order valence-corrected chi connectivity index (χ2v) is 4.90. The summed E-state index contributed by atoms with van der Waals surface area (Å²) in [6.07, 6.45) is 1.69. The van der Waals surface area contributed by atoms with E-state index in [1.165, 1.54) is 0 Å². The van der Waals surface area contributed by atoms with Crippen molar-refractivity contribution in [1.82, 2.24) is 0 Å². The Kier molecular flexibility index (Phi) is 4.01. The molecule has 0 unspecified atom stereocenters. The van der Waals surface area contributed by atoms with E-state index in [0.717, 1.165) is 16.9 Å². The molecule has 0 saturated heterocycles. The topological polar surface area (TPSA) is 47.9 Å². The summed E-state index contributed by atoms with van der Waals surface area (Å²) in [6.45, 7) is 2.15. The smallest absolute Gasteiger partial charge is 0.363 e. The van der Waals surface area contributed by atoms with Crippen molar-refractivity contribution in [3.63, 3.8) is 0 Å². The van der Waals surface area contributed by atoms with Crippen LogP contribution in [0.3, 0.4) is 0 Å². The lowest BCUT2D eigenvalue weighted by Crippen LogP contribution is -1.99. The Hall–Kier alpha value is -2.88. The fraction of sp³-hybridized carbons (Fsp3) is 0.111. The highest BCUT2D eigenvalue weighted by atomic mass is 16.6. The van der Waals surface area contributed by atoms with Gasteiger partial charge in [0.05, 0.1) is 0 Å². The summed E-state index contributed by atoms with van der Waals surface area (Å²) in [5.74, 6) is 0.686. The van der Waals surface area contributed by atoms with Crippen LogP contribution >= 0.6 is 0 Å². The Morgan fingerprint density at radius 1 is 1.14 bits per heavy atom. The molecule has 1 aliphatic heterocycles. The zero-order valence-electron chi connectivity index (χ0n) is 12.2. The van der Waals surface area contributed by atoms with Gasteiger partial charge < -0.3 is 9.47 Å². The highest BCUT2D eigenvalue weighted by Crippen LogP contribution is 2.20. The van der Waals surface area contributed by atoms with Crippen LogP contribution in [0.5, 0.6) is 5.75 Å². The first-order valence-electron chi connectivity index (χ1n) is 6.97. The minimum Gasteiger partial charge on any atom is -0.489 e. The highest BCUT2D eigenvalue weighted by Gasteiger charge is 2.19. The SMILES string of the molecule is CC1=NC(=Cc2cccc(OCc3ccccc3)c2)C(=O)O1. The van der Waals surface area contributed by atoms with Crippen LogP contribution in [-0.4, -0.2) is 11.9 Å². The van der Waals surface area contributed by atoms with Gasteiger partial charge in [0.2, 0.25) is 0 Å². The number of ether oxygens (including phenoxy) is 2. The fourth-order valence-corrected chi connectivity index (χ4v) is 2.11. The first-order chi connectivity index (χ1) is 10.7. The third kappa shape index (κ3) is 3.41. The minimum atomic E-state index is -0.423. The van der Waals surface area contributed by atoms with Gasteiger partial charge in [-0.3, -0.25) is 0 Å². The van der Waals surface area contributed by atoms with Crippen LogP contribution in [0.4, 0.5) is 0 Å². The number of aliphatic imine (C=N–C) groups is 1. The molecule has 0 fully saturated rings. The number of nitrogens with zero attached hydrogens (tertiary/aromatic N) is 1. The zero-order valence-corrected chi connectivity index (χ0v) is 12.2. The molecule has 3 rings (SSSR count). The standard InChI is InChI=1S/C18H15NO3/c1-13-19-17(18(20)22-13)11-15-8-5-9-16(10-15)21-12-14-6-3-2-4-7-14/h2-11H,12H2,1H3. The molecule has 1 heterocycles. The number of esters is 1. The number of hydrogen-bond donors (Lipinski definition) is 0. The summed E-state index contributed by atoms with van der Waals surface area (Å²) in [5.41, 5.74) is 2.25. The molecule has 0 saturated carbocycles. The van der Waals surface area contributed by atoms with Crippen molar-refractivity contribution < 1.29 is 14.3 Å². The molecule has 22 heavy (non-hydrogen) atoms. The number of rotatable bonds is 4. The van der Waals surface area contributed by atoms with Gasteiger partial charge in [0.1, 0.15) is 12.4 Å². The van der Waals surface area contributed by atoms with E-state index in [2.05, 4.69) is 4.99 Å². The molecule has 0 amide bonds. The van der Waals surface area contributed by atoms with Crippen molar-refractivity contribution >= 4 is 17.9 Å². The van der Waals surface area contributed by atoms with E-state index in [1.54, 1.807) is 13.0 Å². The molecule has 4 nitrogen and oxygen atoms in total. The van der Waals surface area contributed by atoms with Crippen LogP contribution in [0, 0.1) is 0 Å². The molecule has 2 aromatic rings. The van der Waals surface area contributed by atoms with Crippen LogP contribution in [0.2, 0.25) is 0 Å². The van der Waals surface area contributed by atoms with Gasteiger partial charge in [-0.2, -0.15) is 0 Å². The molecule has 0 aliphatic carbocycles. The summed E-state index contributed by atoms with van der Waals surface area (Å²) in [7, 11) is 0. The lowest BCUT2D eigenvalue weighted by molar-refractivity contribution is -0.130. The maximum Gasteiger partial charge on any atom is 0.363 e. The molecule has 0 bridgehead atoms. The van der Waals surface area contributed by atoms with Crippen LogP contribution in [0.1, 0.15) is 18.1 Å². The maximum absolute atomic E-state index is 11.5. The first kappa shape index (κ1) is 14.1. The fourth-order valence-electron chi connectivity index (χ4n) is 2.11. The highest BCUT2D eigenvalue weighted by molar-refractivity contribution is 6.06. The van der Waals surface area contributed by atoms with E-state index in [1.807, 2.05) is 54.6 Å². The van der Waals surface area contributed by atoms with Gasteiger partial charge in [-0.15, -0.1) is 0 Å². The minimum absolute atomic E-state index is 0.303. The van der Waals surface area contributed by atoms with E-state index in [-0.39, 0.29) is 0 Å². The Morgan fingerprint density at radius 2 is 1.95 bits per heavy atom. The maximum atomic E-state index is 11.5. The second kappa shape index (κ2) is 6.26. The Labute approximate surface area is 128 Å². The van der Waals surface area contributed by atoms with Gasteiger partial charge in [-0.25, -0.2) is 9.79 Å². The van der Waals surface area contributed by atoms with E-state index < -0.39 is 5.97 Å². The summed E-state index contributed by atoms with van der Waals surface area (Å²) >= 11 is 0. The van der Waals surface area contributed by atoms with E-state index in [0.29, 0.717) is 18.2 Å². The predicted molar refractivity (Wildman–Crippen MR) is 84.4 cm³/mol. The Balaban J connectivity index is 1.73. The first-order valence-corrected chi connectivity index (χ1v) is 6.97. The normalized spacial score (nSPS) is 15.6. The molecule has 0 aromatic heterocycles. The number of carbonyl (C=O) groups excluding carboxylic acids is 1. The van der Waals surface area contributed by atoms with Crippen molar-refractivity contribution in [2.75, 3.05) is 0 Å². The summed E-state index contributed by atoms with van der Waals surface area (Å²) in [4.78, 5) is 15.6. The number of hydrogen-bond acceptors (Lipinski definition) is 4. The molecule has 0 radical (unpaired) electrons. The molecule has 2 aromatic carbocycles. The van der Waals surface area contributed by atoms with Gasteiger partial charge in [-0.1, -0.05) is 42.5 Å². The zero-order chi connectivity index (χ0) is 15.4. The Bertz CT molecular complexity index is 748. The molecule has 0 atom stereocenters. The quantitative estimate of drug-likeness (QED) is 0.639. The predicted octanol–water partition coefficient (Wildman–Crippen LogP) is 3.58. The summed E-state index contributed by atoms with van der Waals surface area (Å²) in [5, 5.41) is 0. The van der Waals surface area contributed by atoms with Crippen molar-refractivity contribution in [3.05, 3.63) is 71.4 Å². The van der Waals surface area contributed by atoms with Gasteiger partial charge in [-0.05, 0) is 29.3 Å². The number of cyclic esters (lactones) is 1. The summed E-state index contributed by atoms with van der Waals surface area (Å²) < 4.78 is 10.7.